The number of carbonyl (C=O) groups is 1. The van der Waals surface area contributed by atoms with E-state index in [0.29, 0.717) is 5.65 Å². The minimum atomic E-state index is -4.00. The molecule has 0 aromatic carbocycles. The molecular formula is C12H14ClN3O4S. The first-order valence-corrected chi connectivity index (χ1v) is 7.92. The van der Waals surface area contributed by atoms with Gasteiger partial charge in [-0.3, -0.25) is 4.79 Å². The molecule has 0 saturated carbocycles. The number of aliphatic carboxylic acids is 1. The van der Waals surface area contributed by atoms with Crippen molar-refractivity contribution in [3.8, 4) is 0 Å². The molecule has 2 aromatic heterocycles. The molecule has 0 unspecified atom stereocenters. The normalized spacial score (nSPS) is 12.4. The Morgan fingerprint density at radius 3 is 2.76 bits per heavy atom. The van der Waals surface area contributed by atoms with Crippen LogP contribution in [-0.4, -0.2) is 46.4 Å². The average Bonchev–Trinajstić information content (AvgIpc) is 2.81. The van der Waals surface area contributed by atoms with Gasteiger partial charge in [0.1, 0.15) is 17.1 Å². The maximum Gasteiger partial charge on any atom is 0.318 e. The first kappa shape index (κ1) is 15.7. The van der Waals surface area contributed by atoms with E-state index in [1.165, 1.54) is 18.5 Å². The van der Waals surface area contributed by atoms with Crippen molar-refractivity contribution in [3.63, 3.8) is 0 Å². The van der Waals surface area contributed by atoms with Crippen LogP contribution in [0, 0.1) is 0 Å². The number of aromatic amines is 1. The number of carboxylic acid groups (broad SMARTS) is 1. The standard InChI is InChI=1S/C12H14ClN3O4S/c1-7(2)16(6-10(17)18)21(19,20)9-5-15-12-11(9)8(13)3-4-14-12/h3-5,7H,6H2,1-2H3,(H,14,15)(H,17,18). The van der Waals surface area contributed by atoms with Crippen molar-refractivity contribution in [2.75, 3.05) is 6.54 Å². The number of nitrogens with one attached hydrogen (secondary N) is 1. The predicted octanol–water partition coefficient (Wildman–Crippen LogP) is 1.70. The second kappa shape index (κ2) is 5.63. The first-order chi connectivity index (χ1) is 9.75. The molecule has 2 rings (SSSR count). The SMILES string of the molecule is CC(C)N(CC(=O)O)S(=O)(=O)c1c[nH]c2nccc(Cl)c12. The number of pyridine rings is 1. The highest BCUT2D eigenvalue weighted by atomic mass is 35.5. The van der Waals surface area contributed by atoms with E-state index in [0.717, 1.165) is 4.31 Å². The highest BCUT2D eigenvalue weighted by molar-refractivity contribution is 7.89. The second-order valence-corrected chi connectivity index (χ2v) is 6.97. The molecule has 0 aliphatic heterocycles. The molecule has 7 nitrogen and oxygen atoms in total. The van der Waals surface area contributed by atoms with Gasteiger partial charge in [0.05, 0.1) is 10.4 Å². The van der Waals surface area contributed by atoms with Crippen LogP contribution in [-0.2, 0) is 14.8 Å². The van der Waals surface area contributed by atoms with E-state index < -0.39 is 28.6 Å². The van der Waals surface area contributed by atoms with Gasteiger partial charge in [0.15, 0.2) is 0 Å². The van der Waals surface area contributed by atoms with Crippen molar-refractivity contribution >= 4 is 38.6 Å². The molecule has 0 aliphatic carbocycles. The summed E-state index contributed by atoms with van der Waals surface area (Å²) in [5.74, 6) is -1.23. The number of aromatic nitrogens is 2. The molecule has 0 fully saturated rings. The Bertz CT molecular complexity index is 785. The quantitative estimate of drug-likeness (QED) is 0.867. The van der Waals surface area contributed by atoms with Crippen molar-refractivity contribution < 1.29 is 18.3 Å². The van der Waals surface area contributed by atoms with Crippen molar-refractivity contribution in [3.05, 3.63) is 23.5 Å². The second-order valence-electron chi connectivity index (χ2n) is 4.71. The van der Waals surface area contributed by atoms with Crippen LogP contribution in [0.1, 0.15) is 13.8 Å². The number of fused-ring (bicyclic) bond motifs is 1. The van der Waals surface area contributed by atoms with Gasteiger partial charge in [0.2, 0.25) is 10.0 Å². The van der Waals surface area contributed by atoms with E-state index in [9.17, 15) is 13.2 Å². The van der Waals surface area contributed by atoms with E-state index >= 15 is 0 Å². The lowest BCUT2D eigenvalue weighted by Gasteiger charge is -2.23. The lowest BCUT2D eigenvalue weighted by molar-refractivity contribution is -0.137. The van der Waals surface area contributed by atoms with Gasteiger partial charge in [-0.2, -0.15) is 4.31 Å². The largest absolute Gasteiger partial charge is 0.480 e. The van der Waals surface area contributed by atoms with Gasteiger partial charge in [0, 0.05) is 18.4 Å². The Morgan fingerprint density at radius 2 is 2.19 bits per heavy atom. The summed E-state index contributed by atoms with van der Waals surface area (Å²) in [6.45, 7) is 2.59. The third kappa shape index (κ3) is 2.87. The van der Waals surface area contributed by atoms with Crippen LogP contribution in [0.15, 0.2) is 23.4 Å². The molecule has 2 N–H and O–H groups in total. The molecule has 0 spiro atoms. The number of nitrogens with zero attached hydrogens (tertiary/aromatic N) is 2. The summed E-state index contributed by atoms with van der Waals surface area (Å²) in [4.78, 5) is 17.6. The van der Waals surface area contributed by atoms with Crippen LogP contribution >= 0.6 is 11.6 Å². The minimum absolute atomic E-state index is 0.0782. The van der Waals surface area contributed by atoms with Gasteiger partial charge in [-0.1, -0.05) is 11.6 Å². The Hall–Kier alpha value is -1.64. The summed E-state index contributed by atoms with van der Waals surface area (Å²) in [7, 11) is -4.00. The fourth-order valence-corrected chi connectivity index (χ4v) is 4.06. The van der Waals surface area contributed by atoms with E-state index in [1.807, 2.05) is 0 Å². The number of sulfonamides is 1. The third-order valence-electron chi connectivity index (χ3n) is 2.94. The Kier molecular flexibility index (Phi) is 4.22. The van der Waals surface area contributed by atoms with E-state index in [-0.39, 0.29) is 15.3 Å². The summed E-state index contributed by atoms with van der Waals surface area (Å²) < 4.78 is 26.3. The number of halogens is 1. The lowest BCUT2D eigenvalue weighted by atomic mass is 10.3. The van der Waals surface area contributed by atoms with Gasteiger partial charge in [-0.05, 0) is 19.9 Å². The Balaban J connectivity index is 2.63. The summed E-state index contributed by atoms with van der Waals surface area (Å²) >= 11 is 6.04. The smallest absolute Gasteiger partial charge is 0.318 e. The fraction of sp³-hybridized carbons (Fsp3) is 0.333. The molecule has 0 bridgehead atoms. The maximum absolute atomic E-state index is 12.7. The molecular weight excluding hydrogens is 318 g/mol. The van der Waals surface area contributed by atoms with Crippen LogP contribution in [0.5, 0.6) is 0 Å². The van der Waals surface area contributed by atoms with E-state index in [1.54, 1.807) is 13.8 Å². The van der Waals surface area contributed by atoms with Gasteiger partial charge in [-0.25, -0.2) is 13.4 Å². The monoisotopic (exact) mass is 331 g/mol. The lowest BCUT2D eigenvalue weighted by Crippen LogP contribution is -2.40. The number of hydrogen-bond acceptors (Lipinski definition) is 4. The molecule has 21 heavy (non-hydrogen) atoms. The van der Waals surface area contributed by atoms with Gasteiger partial charge < -0.3 is 10.1 Å². The topological polar surface area (TPSA) is 103 Å². The zero-order valence-corrected chi connectivity index (χ0v) is 12.9. The first-order valence-electron chi connectivity index (χ1n) is 6.10. The highest BCUT2D eigenvalue weighted by Gasteiger charge is 2.32. The Morgan fingerprint density at radius 1 is 1.52 bits per heavy atom. The molecule has 0 amide bonds. The molecule has 0 radical (unpaired) electrons. The van der Waals surface area contributed by atoms with Crippen LogP contribution in [0.4, 0.5) is 0 Å². The number of H-pyrrole nitrogens is 1. The molecule has 2 aromatic rings. The zero-order valence-electron chi connectivity index (χ0n) is 11.4. The third-order valence-corrected chi connectivity index (χ3v) is 5.30. The number of hydrogen-bond donors (Lipinski definition) is 2. The van der Waals surface area contributed by atoms with Crippen molar-refractivity contribution in [1.29, 1.82) is 0 Å². The van der Waals surface area contributed by atoms with Crippen LogP contribution in [0.25, 0.3) is 11.0 Å². The predicted molar refractivity (Wildman–Crippen MR) is 77.8 cm³/mol. The maximum atomic E-state index is 12.7. The molecule has 9 heteroatoms. The number of rotatable bonds is 5. The summed E-state index contributed by atoms with van der Waals surface area (Å²) in [5.41, 5.74) is 0.333. The number of carboxylic acids is 1. The van der Waals surface area contributed by atoms with Crippen molar-refractivity contribution in [1.82, 2.24) is 14.3 Å². The molecule has 0 atom stereocenters. The molecule has 0 saturated heterocycles. The molecule has 2 heterocycles. The van der Waals surface area contributed by atoms with E-state index in [4.69, 9.17) is 16.7 Å². The average molecular weight is 332 g/mol. The van der Waals surface area contributed by atoms with Gasteiger partial charge >= 0.3 is 5.97 Å². The van der Waals surface area contributed by atoms with Crippen LogP contribution in [0.2, 0.25) is 5.02 Å². The van der Waals surface area contributed by atoms with Crippen molar-refractivity contribution in [2.45, 2.75) is 24.8 Å². The van der Waals surface area contributed by atoms with Gasteiger partial charge in [0.25, 0.3) is 0 Å². The summed E-state index contributed by atoms with van der Waals surface area (Å²) in [6, 6.07) is 0.972. The summed E-state index contributed by atoms with van der Waals surface area (Å²) in [6.07, 6.45) is 2.73. The molecule has 114 valence electrons. The van der Waals surface area contributed by atoms with E-state index in [2.05, 4.69) is 9.97 Å². The zero-order chi connectivity index (χ0) is 15.8. The highest BCUT2D eigenvalue weighted by Crippen LogP contribution is 2.30. The minimum Gasteiger partial charge on any atom is -0.480 e. The van der Waals surface area contributed by atoms with Gasteiger partial charge in [-0.15, -0.1) is 0 Å². The van der Waals surface area contributed by atoms with Crippen molar-refractivity contribution in [2.24, 2.45) is 0 Å². The summed E-state index contributed by atoms with van der Waals surface area (Å²) in [5, 5.41) is 9.40. The molecule has 0 aliphatic rings. The fourth-order valence-electron chi connectivity index (χ4n) is 2.00. The van der Waals surface area contributed by atoms with Crippen LogP contribution < -0.4 is 0 Å². The Labute approximate surface area is 126 Å². The van der Waals surface area contributed by atoms with Crippen LogP contribution in [0.3, 0.4) is 0 Å².